The molecule has 0 fully saturated rings. The number of thiophene rings is 1. The number of carbonyl (C=O) groups excluding carboxylic acids is 3. The second-order valence-electron chi connectivity index (χ2n) is 6.43. The Morgan fingerprint density at radius 3 is 2.71 bits per heavy atom. The van der Waals surface area contributed by atoms with Crippen LogP contribution < -0.4 is 10.6 Å². The molecule has 7 nitrogen and oxygen atoms in total. The fourth-order valence-corrected chi connectivity index (χ4v) is 5.63. The fourth-order valence-electron chi connectivity index (χ4n) is 2.39. The highest BCUT2D eigenvalue weighted by atomic mass is 33.1. The van der Waals surface area contributed by atoms with Crippen molar-refractivity contribution in [3.8, 4) is 0 Å². The lowest BCUT2D eigenvalue weighted by Gasteiger charge is -2.16. The minimum Gasteiger partial charge on any atom is -0.463 e. The van der Waals surface area contributed by atoms with E-state index in [9.17, 15) is 14.4 Å². The zero-order valence-electron chi connectivity index (χ0n) is 18.1. The molecular weight excluding hydrogens is 476 g/mol. The summed E-state index contributed by atoms with van der Waals surface area (Å²) < 4.78 is 9.53. The highest BCUT2D eigenvalue weighted by Crippen LogP contribution is 2.25. The second kappa shape index (κ2) is 18.7. The molecule has 0 aliphatic carbocycles. The zero-order chi connectivity index (χ0) is 22.7. The number of hydrogen-bond donors (Lipinski definition) is 2. The molecule has 0 aliphatic rings. The number of rotatable bonds is 18. The Labute approximate surface area is 200 Å². The normalized spacial score (nSPS) is 11.7. The number of nitrogens with one attached hydrogen (secondary N) is 2. The van der Waals surface area contributed by atoms with Gasteiger partial charge in [-0.2, -0.15) is 23.1 Å². The zero-order valence-corrected chi connectivity index (χ0v) is 21.3. The summed E-state index contributed by atoms with van der Waals surface area (Å²) in [4.78, 5) is 35.6. The first kappa shape index (κ1) is 28.2. The summed E-state index contributed by atoms with van der Waals surface area (Å²) in [7, 11) is 3.39. The summed E-state index contributed by atoms with van der Waals surface area (Å²) in [6.07, 6.45) is 3.93. The minimum absolute atomic E-state index is 0.0121. The van der Waals surface area contributed by atoms with Gasteiger partial charge in [0.1, 0.15) is 0 Å². The molecule has 176 valence electrons. The van der Waals surface area contributed by atoms with E-state index < -0.39 is 18.5 Å². The summed E-state index contributed by atoms with van der Waals surface area (Å²) in [5.41, 5.74) is 1.14. The van der Waals surface area contributed by atoms with Gasteiger partial charge < -0.3 is 20.1 Å². The Bertz CT molecular complexity index is 631. The molecule has 0 radical (unpaired) electrons. The van der Waals surface area contributed by atoms with Gasteiger partial charge in [-0.05, 0) is 60.7 Å². The Morgan fingerprint density at radius 1 is 1.16 bits per heavy atom. The van der Waals surface area contributed by atoms with Gasteiger partial charge in [0.2, 0.25) is 5.91 Å². The summed E-state index contributed by atoms with van der Waals surface area (Å²) in [5.74, 6) is 1.31. The van der Waals surface area contributed by atoms with E-state index in [1.807, 2.05) is 23.2 Å². The predicted octanol–water partition coefficient (Wildman–Crippen LogP) is 3.20. The molecule has 0 saturated heterocycles. The molecule has 1 unspecified atom stereocenters. The molecule has 1 aromatic heterocycles. The maximum atomic E-state index is 12.7. The van der Waals surface area contributed by atoms with Gasteiger partial charge in [-0.25, -0.2) is 4.79 Å². The lowest BCUT2D eigenvalue weighted by atomic mass is 10.0. The number of ether oxygens (including phenoxy) is 2. The van der Waals surface area contributed by atoms with Crippen LogP contribution in [0.5, 0.6) is 0 Å². The Kier molecular flexibility index (Phi) is 17.0. The number of thioether (sulfide) groups is 1. The number of amides is 1. The van der Waals surface area contributed by atoms with Crippen LogP contribution in [0.2, 0.25) is 0 Å². The lowest BCUT2D eigenvalue weighted by Crippen LogP contribution is -2.35. The predicted molar refractivity (Wildman–Crippen MR) is 133 cm³/mol. The molecule has 1 atom stereocenters. The van der Waals surface area contributed by atoms with Crippen molar-refractivity contribution in [2.75, 3.05) is 49.9 Å². The van der Waals surface area contributed by atoms with Gasteiger partial charge in [-0.15, -0.1) is 0 Å². The molecule has 31 heavy (non-hydrogen) atoms. The molecule has 1 amide bonds. The van der Waals surface area contributed by atoms with Crippen LogP contribution in [0, 0.1) is 5.92 Å². The highest BCUT2D eigenvalue weighted by molar-refractivity contribution is 8.76. The van der Waals surface area contributed by atoms with Crippen molar-refractivity contribution >= 4 is 62.5 Å². The van der Waals surface area contributed by atoms with Gasteiger partial charge >= 0.3 is 11.9 Å². The molecule has 1 heterocycles. The van der Waals surface area contributed by atoms with Crippen molar-refractivity contribution in [1.82, 2.24) is 10.6 Å². The standard InChI is InChI=1S/C20H32N2O5S4/c1-3-26-19(24)12-27-18(23)5-8-22-20(25)17(11-16-6-10-29-13-16)14-30-31-15-21-7-4-9-28-2/h6,10,13,17,21H,3-5,7-9,11-12,14-15H2,1-2H3,(H,22,25). The fraction of sp³-hybridized carbons (Fsp3) is 0.650. The first-order valence-corrected chi connectivity index (χ1v) is 14.9. The van der Waals surface area contributed by atoms with Crippen LogP contribution in [-0.4, -0.2) is 67.8 Å². The van der Waals surface area contributed by atoms with E-state index in [4.69, 9.17) is 9.47 Å². The van der Waals surface area contributed by atoms with Crippen molar-refractivity contribution in [1.29, 1.82) is 0 Å². The SMILES string of the molecule is CCOC(=O)COC(=O)CCNC(=O)C(CSSCNCCCSC)Cc1ccsc1. The maximum absolute atomic E-state index is 12.7. The van der Waals surface area contributed by atoms with Gasteiger partial charge in [-0.1, -0.05) is 21.6 Å². The molecule has 1 aromatic rings. The summed E-state index contributed by atoms with van der Waals surface area (Å²) >= 11 is 3.46. The lowest BCUT2D eigenvalue weighted by molar-refractivity contribution is -0.158. The Balaban J connectivity index is 2.32. The van der Waals surface area contributed by atoms with E-state index in [1.165, 1.54) is 0 Å². The Morgan fingerprint density at radius 2 is 2.00 bits per heavy atom. The number of hydrogen-bond acceptors (Lipinski definition) is 10. The van der Waals surface area contributed by atoms with E-state index in [-0.39, 0.29) is 31.4 Å². The first-order chi connectivity index (χ1) is 15.1. The second-order valence-corrected chi connectivity index (χ2v) is 10.7. The van der Waals surface area contributed by atoms with Gasteiger partial charge in [0, 0.05) is 12.3 Å². The van der Waals surface area contributed by atoms with Crippen molar-refractivity contribution in [2.24, 2.45) is 5.92 Å². The molecule has 1 rings (SSSR count). The third kappa shape index (κ3) is 14.7. The quantitative estimate of drug-likeness (QED) is 0.134. The molecule has 0 bridgehead atoms. The van der Waals surface area contributed by atoms with Crippen molar-refractivity contribution < 1.29 is 23.9 Å². The van der Waals surface area contributed by atoms with Crippen LogP contribution in [0.1, 0.15) is 25.3 Å². The largest absolute Gasteiger partial charge is 0.463 e. The smallest absolute Gasteiger partial charge is 0.344 e. The molecule has 0 saturated carbocycles. The third-order valence-corrected chi connectivity index (χ3v) is 7.65. The molecule has 0 aromatic carbocycles. The Hall–Kier alpha value is -0.880. The topological polar surface area (TPSA) is 93.7 Å². The molecule has 2 N–H and O–H groups in total. The van der Waals surface area contributed by atoms with E-state index in [1.54, 1.807) is 39.8 Å². The first-order valence-electron chi connectivity index (χ1n) is 10.1. The van der Waals surface area contributed by atoms with Gasteiger partial charge in [0.15, 0.2) is 6.61 Å². The number of esters is 2. The third-order valence-electron chi connectivity index (χ3n) is 3.93. The van der Waals surface area contributed by atoms with Gasteiger partial charge in [0.25, 0.3) is 0 Å². The van der Waals surface area contributed by atoms with Crippen LogP contribution in [-0.2, 0) is 30.3 Å². The van der Waals surface area contributed by atoms with Crippen molar-refractivity contribution in [3.63, 3.8) is 0 Å². The van der Waals surface area contributed by atoms with Gasteiger partial charge in [-0.3, -0.25) is 9.59 Å². The highest BCUT2D eigenvalue weighted by Gasteiger charge is 2.20. The summed E-state index contributed by atoms with van der Waals surface area (Å²) in [6.45, 7) is 2.69. The van der Waals surface area contributed by atoms with E-state index in [2.05, 4.69) is 22.3 Å². The number of carbonyl (C=O) groups is 3. The van der Waals surface area contributed by atoms with E-state index in [0.717, 1.165) is 30.2 Å². The van der Waals surface area contributed by atoms with Crippen LogP contribution in [0.3, 0.4) is 0 Å². The van der Waals surface area contributed by atoms with Crippen molar-refractivity contribution in [2.45, 2.75) is 26.2 Å². The average Bonchev–Trinajstić information content (AvgIpc) is 3.26. The molecular formula is C20H32N2O5S4. The van der Waals surface area contributed by atoms with Crippen LogP contribution in [0.4, 0.5) is 0 Å². The average molecular weight is 509 g/mol. The molecule has 11 heteroatoms. The summed E-state index contributed by atoms with van der Waals surface area (Å²) in [5, 5.41) is 10.3. The summed E-state index contributed by atoms with van der Waals surface area (Å²) in [6, 6.07) is 2.03. The van der Waals surface area contributed by atoms with Gasteiger partial charge in [0.05, 0.1) is 24.8 Å². The molecule has 0 aliphatic heterocycles. The monoisotopic (exact) mass is 508 g/mol. The van der Waals surface area contributed by atoms with Crippen LogP contribution in [0.25, 0.3) is 0 Å². The molecule has 0 spiro atoms. The van der Waals surface area contributed by atoms with Crippen molar-refractivity contribution in [3.05, 3.63) is 22.4 Å². The van der Waals surface area contributed by atoms with E-state index in [0.29, 0.717) is 12.2 Å². The van der Waals surface area contributed by atoms with Crippen LogP contribution in [0.15, 0.2) is 16.8 Å². The minimum atomic E-state index is -0.580. The maximum Gasteiger partial charge on any atom is 0.344 e. The van der Waals surface area contributed by atoms with E-state index >= 15 is 0 Å². The van der Waals surface area contributed by atoms with Crippen LogP contribution >= 0.6 is 44.7 Å².